The lowest BCUT2D eigenvalue weighted by atomic mass is 10.3. The van der Waals surface area contributed by atoms with E-state index >= 15 is 0 Å². The highest BCUT2D eigenvalue weighted by atomic mass is 32.1. The monoisotopic (exact) mass is 254 g/mol. The van der Waals surface area contributed by atoms with Crippen LogP contribution in [-0.2, 0) is 6.54 Å². The number of thiazole rings is 1. The van der Waals surface area contributed by atoms with E-state index in [-0.39, 0.29) is 12.6 Å². The van der Waals surface area contributed by atoms with Crippen molar-refractivity contribution in [2.75, 3.05) is 6.61 Å². The first-order valence-corrected chi connectivity index (χ1v) is 6.87. The van der Waals surface area contributed by atoms with Crippen LogP contribution < -0.4 is 5.32 Å². The minimum Gasteiger partial charge on any atom is -0.395 e. The summed E-state index contributed by atoms with van der Waals surface area (Å²) >= 11 is 3.38. The molecule has 1 unspecified atom stereocenters. The summed E-state index contributed by atoms with van der Waals surface area (Å²) < 4.78 is 0. The quantitative estimate of drug-likeness (QED) is 0.861. The highest BCUT2D eigenvalue weighted by molar-refractivity contribution is 7.15. The number of aliphatic hydroxyl groups is 1. The number of hydrogen-bond acceptors (Lipinski definition) is 5. The Morgan fingerprint density at radius 1 is 1.56 bits per heavy atom. The molecule has 2 aromatic heterocycles. The molecule has 0 bridgehead atoms. The van der Waals surface area contributed by atoms with Crippen molar-refractivity contribution in [1.29, 1.82) is 0 Å². The van der Waals surface area contributed by atoms with Crippen molar-refractivity contribution in [2.45, 2.75) is 19.5 Å². The molecule has 3 nitrogen and oxygen atoms in total. The van der Waals surface area contributed by atoms with Crippen LogP contribution in [0.15, 0.2) is 23.0 Å². The Bertz CT molecular complexity index is 425. The van der Waals surface area contributed by atoms with Crippen LogP contribution in [0.5, 0.6) is 0 Å². The lowest BCUT2D eigenvalue weighted by Gasteiger charge is -2.08. The average molecular weight is 254 g/mol. The highest BCUT2D eigenvalue weighted by Gasteiger charge is 2.06. The van der Waals surface area contributed by atoms with Gasteiger partial charge < -0.3 is 10.4 Å². The van der Waals surface area contributed by atoms with E-state index in [1.54, 1.807) is 22.7 Å². The summed E-state index contributed by atoms with van der Waals surface area (Å²) in [6.07, 6.45) is 1.90. The maximum absolute atomic E-state index is 8.89. The Labute approximate surface area is 103 Å². The van der Waals surface area contributed by atoms with Gasteiger partial charge in [0, 0.05) is 34.6 Å². The minimum absolute atomic E-state index is 0.131. The van der Waals surface area contributed by atoms with E-state index in [1.165, 1.54) is 10.4 Å². The standard InChI is InChI=1S/C11H14N2OS2/c1-8(6-14)12-4-10-5-13-11(16-10)9-2-3-15-7-9/h2-3,5,7-8,12,14H,4,6H2,1H3. The summed E-state index contributed by atoms with van der Waals surface area (Å²) in [6, 6.07) is 2.21. The van der Waals surface area contributed by atoms with Crippen molar-refractivity contribution in [2.24, 2.45) is 0 Å². The molecule has 0 aromatic carbocycles. The molecule has 0 aliphatic carbocycles. The minimum atomic E-state index is 0.131. The largest absolute Gasteiger partial charge is 0.395 e. The molecule has 2 heterocycles. The summed E-state index contributed by atoms with van der Waals surface area (Å²) in [7, 11) is 0. The molecule has 2 rings (SSSR count). The molecule has 0 spiro atoms. The van der Waals surface area contributed by atoms with E-state index < -0.39 is 0 Å². The third-order valence-corrected chi connectivity index (χ3v) is 3.95. The predicted octanol–water partition coefficient (Wildman–Crippen LogP) is 2.34. The molecule has 2 N–H and O–H groups in total. The van der Waals surface area contributed by atoms with Gasteiger partial charge in [0.1, 0.15) is 5.01 Å². The molecule has 0 saturated carbocycles. The molecule has 0 amide bonds. The maximum atomic E-state index is 8.89. The van der Waals surface area contributed by atoms with E-state index in [2.05, 4.69) is 27.1 Å². The number of thiophene rings is 1. The van der Waals surface area contributed by atoms with Crippen molar-refractivity contribution in [3.05, 3.63) is 27.9 Å². The van der Waals surface area contributed by atoms with Crippen LogP contribution in [0.1, 0.15) is 11.8 Å². The van der Waals surface area contributed by atoms with E-state index in [1.807, 2.05) is 13.1 Å². The molecule has 0 aliphatic heterocycles. The smallest absolute Gasteiger partial charge is 0.124 e. The Balaban J connectivity index is 1.98. The Morgan fingerprint density at radius 2 is 2.44 bits per heavy atom. The molecule has 2 aromatic rings. The molecule has 0 saturated heterocycles. The molecule has 1 atom stereocenters. The Morgan fingerprint density at radius 3 is 3.12 bits per heavy atom. The lowest BCUT2D eigenvalue weighted by molar-refractivity contribution is 0.251. The third kappa shape index (κ3) is 2.89. The maximum Gasteiger partial charge on any atom is 0.124 e. The first kappa shape index (κ1) is 11.7. The van der Waals surface area contributed by atoms with Crippen LogP contribution in [0.2, 0.25) is 0 Å². The van der Waals surface area contributed by atoms with Gasteiger partial charge in [-0.1, -0.05) is 0 Å². The van der Waals surface area contributed by atoms with Crippen LogP contribution in [0.4, 0.5) is 0 Å². The van der Waals surface area contributed by atoms with Crippen molar-refractivity contribution < 1.29 is 5.11 Å². The summed E-state index contributed by atoms with van der Waals surface area (Å²) in [5.74, 6) is 0. The first-order chi connectivity index (χ1) is 7.79. The van der Waals surface area contributed by atoms with Crippen molar-refractivity contribution in [3.8, 4) is 10.6 Å². The first-order valence-electron chi connectivity index (χ1n) is 5.11. The molecule has 0 fully saturated rings. The SMILES string of the molecule is CC(CO)NCc1cnc(-c2ccsc2)s1. The zero-order valence-electron chi connectivity index (χ0n) is 9.01. The van der Waals surface area contributed by atoms with Gasteiger partial charge in [-0.3, -0.25) is 0 Å². The van der Waals surface area contributed by atoms with Gasteiger partial charge in [-0.25, -0.2) is 4.98 Å². The van der Waals surface area contributed by atoms with Gasteiger partial charge in [-0.05, 0) is 18.4 Å². The van der Waals surface area contributed by atoms with Crippen molar-refractivity contribution in [3.63, 3.8) is 0 Å². The Kier molecular flexibility index (Phi) is 4.06. The molecular formula is C11H14N2OS2. The topological polar surface area (TPSA) is 45.1 Å². The number of rotatable bonds is 5. The van der Waals surface area contributed by atoms with Crippen LogP contribution in [0, 0.1) is 0 Å². The number of aliphatic hydroxyl groups excluding tert-OH is 1. The second-order valence-corrected chi connectivity index (χ2v) is 5.50. The summed E-state index contributed by atoms with van der Waals surface area (Å²) in [5, 5.41) is 17.4. The van der Waals surface area contributed by atoms with E-state index in [0.717, 1.165) is 11.6 Å². The number of nitrogens with one attached hydrogen (secondary N) is 1. The van der Waals surface area contributed by atoms with Crippen LogP contribution >= 0.6 is 22.7 Å². The molecule has 16 heavy (non-hydrogen) atoms. The Hall–Kier alpha value is -0.750. The van der Waals surface area contributed by atoms with Gasteiger partial charge in [0.05, 0.1) is 6.61 Å². The predicted molar refractivity (Wildman–Crippen MR) is 68.8 cm³/mol. The summed E-state index contributed by atoms with van der Waals surface area (Å²) in [6.45, 7) is 2.89. The average Bonchev–Trinajstić information content (AvgIpc) is 2.95. The fraction of sp³-hybridized carbons (Fsp3) is 0.364. The second-order valence-electron chi connectivity index (χ2n) is 3.61. The third-order valence-electron chi connectivity index (χ3n) is 2.22. The van der Waals surface area contributed by atoms with Gasteiger partial charge in [0.2, 0.25) is 0 Å². The molecular weight excluding hydrogens is 240 g/mol. The zero-order chi connectivity index (χ0) is 11.4. The number of hydrogen-bond donors (Lipinski definition) is 2. The summed E-state index contributed by atoms with van der Waals surface area (Å²) in [5.41, 5.74) is 1.19. The fourth-order valence-corrected chi connectivity index (χ4v) is 2.82. The zero-order valence-corrected chi connectivity index (χ0v) is 10.6. The van der Waals surface area contributed by atoms with Gasteiger partial charge in [-0.15, -0.1) is 11.3 Å². The van der Waals surface area contributed by atoms with Crippen LogP contribution in [0.3, 0.4) is 0 Å². The normalized spacial score (nSPS) is 12.9. The van der Waals surface area contributed by atoms with Crippen LogP contribution in [-0.4, -0.2) is 22.7 Å². The van der Waals surface area contributed by atoms with Gasteiger partial charge in [0.15, 0.2) is 0 Å². The van der Waals surface area contributed by atoms with Gasteiger partial charge >= 0.3 is 0 Å². The van der Waals surface area contributed by atoms with Crippen LogP contribution in [0.25, 0.3) is 10.6 Å². The fourth-order valence-electron chi connectivity index (χ4n) is 1.25. The van der Waals surface area contributed by atoms with Crippen molar-refractivity contribution in [1.82, 2.24) is 10.3 Å². The number of aromatic nitrogens is 1. The number of nitrogens with zero attached hydrogens (tertiary/aromatic N) is 1. The molecule has 86 valence electrons. The lowest BCUT2D eigenvalue weighted by Crippen LogP contribution is -2.28. The van der Waals surface area contributed by atoms with E-state index in [4.69, 9.17) is 5.11 Å². The van der Waals surface area contributed by atoms with E-state index in [0.29, 0.717) is 0 Å². The molecule has 0 radical (unpaired) electrons. The van der Waals surface area contributed by atoms with E-state index in [9.17, 15) is 0 Å². The van der Waals surface area contributed by atoms with Crippen molar-refractivity contribution >= 4 is 22.7 Å². The van der Waals surface area contributed by atoms with Gasteiger partial charge in [-0.2, -0.15) is 11.3 Å². The second kappa shape index (κ2) is 5.54. The molecule has 0 aliphatic rings. The molecule has 5 heteroatoms. The summed E-state index contributed by atoms with van der Waals surface area (Å²) in [4.78, 5) is 5.58. The van der Waals surface area contributed by atoms with Gasteiger partial charge in [0.25, 0.3) is 0 Å². The highest BCUT2D eigenvalue weighted by Crippen LogP contribution is 2.26.